The summed E-state index contributed by atoms with van der Waals surface area (Å²) in [6.07, 6.45) is 0. The Morgan fingerprint density at radius 2 is 1.50 bits per heavy atom. The van der Waals surface area contributed by atoms with Gasteiger partial charge in [0, 0.05) is 16.9 Å². The summed E-state index contributed by atoms with van der Waals surface area (Å²) in [5.41, 5.74) is 5.91. The largest absolute Gasteiger partial charge is 0.350 e. The maximum Gasteiger partial charge on any atom is 0.283 e. The Kier molecular flexibility index (Phi) is 6.26. The summed E-state index contributed by atoms with van der Waals surface area (Å²) in [5.74, 6) is -1.43. The van der Waals surface area contributed by atoms with E-state index in [1.165, 1.54) is 0 Å². The van der Waals surface area contributed by atoms with Crippen LogP contribution in [0.5, 0.6) is 0 Å². The number of aryl methyl sites for hydroxylation is 4. The van der Waals surface area contributed by atoms with Crippen LogP contribution in [0.3, 0.4) is 0 Å². The van der Waals surface area contributed by atoms with Crippen molar-refractivity contribution in [2.75, 3.05) is 15.5 Å². The number of hydrogen-bond donors (Lipinski definition) is 2. The maximum atomic E-state index is 13.1. The molecular formula is C27H24ClN3O3. The smallest absolute Gasteiger partial charge is 0.283 e. The minimum Gasteiger partial charge on any atom is -0.350 e. The van der Waals surface area contributed by atoms with Crippen molar-refractivity contribution in [1.29, 1.82) is 0 Å². The number of imide groups is 1. The first-order valence-corrected chi connectivity index (χ1v) is 11.1. The molecule has 4 rings (SSSR count). The highest BCUT2D eigenvalue weighted by Crippen LogP contribution is 2.32. The van der Waals surface area contributed by atoms with Crippen LogP contribution in [0.4, 0.5) is 17.1 Å². The molecule has 0 saturated heterocycles. The third kappa shape index (κ3) is 4.45. The average Bonchev–Trinajstić information content (AvgIpc) is 2.99. The lowest BCUT2D eigenvalue weighted by Gasteiger charge is -2.18. The van der Waals surface area contributed by atoms with Crippen molar-refractivity contribution >= 4 is 46.4 Å². The molecule has 34 heavy (non-hydrogen) atoms. The number of carbonyl (C=O) groups excluding carboxylic acids is 3. The third-order valence-electron chi connectivity index (χ3n) is 5.64. The monoisotopic (exact) mass is 473 g/mol. The standard InChI is InChI=1S/C27H24ClN3O3/c1-15-8-10-21(17(3)12-15)30-25(32)19-6-5-7-20(14-19)29-24-23(28)26(33)31(27(24)34)22-11-9-16(2)13-18(22)4/h5-14,29H,1-4H3,(H,30,32). The van der Waals surface area contributed by atoms with Crippen LogP contribution < -0.4 is 15.5 Å². The van der Waals surface area contributed by atoms with Crippen molar-refractivity contribution in [3.63, 3.8) is 0 Å². The number of anilines is 3. The zero-order valence-electron chi connectivity index (χ0n) is 19.3. The zero-order chi connectivity index (χ0) is 24.6. The molecule has 6 nitrogen and oxygen atoms in total. The second-order valence-electron chi connectivity index (χ2n) is 8.40. The number of benzene rings is 3. The van der Waals surface area contributed by atoms with E-state index in [4.69, 9.17) is 11.6 Å². The van der Waals surface area contributed by atoms with Gasteiger partial charge in [0.2, 0.25) is 0 Å². The van der Waals surface area contributed by atoms with Gasteiger partial charge in [-0.2, -0.15) is 0 Å². The van der Waals surface area contributed by atoms with Crippen LogP contribution in [0.1, 0.15) is 32.6 Å². The molecule has 1 aliphatic rings. The molecule has 0 aliphatic carbocycles. The number of nitrogens with one attached hydrogen (secondary N) is 2. The lowest BCUT2D eigenvalue weighted by Crippen LogP contribution is -2.32. The summed E-state index contributed by atoms with van der Waals surface area (Å²) in [5, 5.41) is 5.64. The van der Waals surface area contributed by atoms with Crippen molar-refractivity contribution in [3.8, 4) is 0 Å². The van der Waals surface area contributed by atoms with Crippen LogP contribution in [0.2, 0.25) is 0 Å². The van der Waals surface area contributed by atoms with Crippen molar-refractivity contribution in [2.45, 2.75) is 27.7 Å². The van der Waals surface area contributed by atoms with Crippen LogP contribution in [0.15, 0.2) is 71.4 Å². The SMILES string of the molecule is Cc1ccc(NC(=O)c2cccc(NC3=C(Cl)C(=O)N(c4ccc(C)cc4C)C3=O)c2)c(C)c1. The first-order chi connectivity index (χ1) is 16.2. The normalized spacial score (nSPS) is 13.5. The minimum atomic E-state index is -0.593. The van der Waals surface area contributed by atoms with Crippen LogP contribution in [0.25, 0.3) is 0 Å². The Hall–Kier alpha value is -3.90. The summed E-state index contributed by atoms with van der Waals surface area (Å²) in [4.78, 5) is 39.8. The molecule has 172 valence electrons. The Morgan fingerprint density at radius 3 is 2.18 bits per heavy atom. The number of halogens is 1. The molecule has 0 spiro atoms. The lowest BCUT2D eigenvalue weighted by molar-refractivity contribution is -0.120. The second kappa shape index (κ2) is 9.15. The topological polar surface area (TPSA) is 78.5 Å². The molecular weight excluding hydrogens is 450 g/mol. The summed E-state index contributed by atoms with van der Waals surface area (Å²) < 4.78 is 0. The Labute approximate surface area is 203 Å². The van der Waals surface area contributed by atoms with Crippen molar-refractivity contribution in [2.24, 2.45) is 0 Å². The Bertz CT molecular complexity index is 1380. The van der Waals surface area contributed by atoms with E-state index in [0.717, 1.165) is 32.8 Å². The third-order valence-corrected chi connectivity index (χ3v) is 6.00. The average molecular weight is 474 g/mol. The van der Waals surface area contributed by atoms with E-state index in [2.05, 4.69) is 10.6 Å². The number of rotatable bonds is 5. The van der Waals surface area contributed by atoms with Gasteiger partial charge in [0.1, 0.15) is 10.7 Å². The Morgan fingerprint density at radius 1 is 0.824 bits per heavy atom. The van der Waals surface area contributed by atoms with Gasteiger partial charge in [0.25, 0.3) is 17.7 Å². The predicted octanol–water partition coefficient (Wildman–Crippen LogP) is 5.61. The van der Waals surface area contributed by atoms with Gasteiger partial charge in [-0.25, -0.2) is 4.90 Å². The molecule has 0 atom stereocenters. The summed E-state index contributed by atoms with van der Waals surface area (Å²) in [6.45, 7) is 7.69. The van der Waals surface area contributed by atoms with Crippen molar-refractivity contribution in [3.05, 3.63) is 99.2 Å². The highest BCUT2D eigenvalue weighted by Gasteiger charge is 2.39. The molecule has 7 heteroatoms. The number of hydrogen-bond acceptors (Lipinski definition) is 4. The van der Waals surface area contributed by atoms with Crippen molar-refractivity contribution < 1.29 is 14.4 Å². The van der Waals surface area contributed by atoms with Crippen molar-refractivity contribution in [1.82, 2.24) is 0 Å². The first kappa shape index (κ1) is 23.3. The molecule has 1 heterocycles. The quantitative estimate of drug-likeness (QED) is 0.472. The van der Waals surface area contributed by atoms with Gasteiger partial charge < -0.3 is 10.6 Å². The molecule has 3 aromatic rings. The molecule has 3 aromatic carbocycles. The van der Waals surface area contributed by atoms with Gasteiger partial charge in [-0.05, 0) is 69.2 Å². The van der Waals surface area contributed by atoms with E-state index in [9.17, 15) is 14.4 Å². The minimum absolute atomic E-state index is 0.0291. The van der Waals surface area contributed by atoms with Gasteiger partial charge in [-0.15, -0.1) is 0 Å². The summed E-state index contributed by atoms with van der Waals surface area (Å²) in [6, 6.07) is 17.9. The van der Waals surface area contributed by atoms with E-state index < -0.39 is 11.8 Å². The Balaban J connectivity index is 1.56. The first-order valence-electron chi connectivity index (χ1n) is 10.8. The van der Waals surface area contributed by atoms with Crippen LogP contribution in [0, 0.1) is 27.7 Å². The number of amides is 3. The van der Waals surface area contributed by atoms with E-state index in [1.807, 2.05) is 58.0 Å². The maximum absolute atomic E-state index is 13.1. The second-order valence-corrected chi connectivity index (χ2v) is 8.78. The molecule has 0 aromatic heterocycles. The molecule has 0 radical (unpaired) electrons. The predicted molar refractivity (Wildman–Crippen MR) is 135 cm³/mol. The van der Waals surface area contributed by atoms with Crippen LogP contribution >= 0.6 is 11.6 Å². The lowest BCUT2D eigenvalue weighted by atomic mass is 10.1. The van der Waals surface area contributed by atoms with E-state index in [-0.39, 0.29) is 16.6 Å². The zero-order valence-corrected chi connectivity index (χ0v) is 20.1. The molecule has 3 amide bonds. The highest BCUT2D eigenvalue weighted by molar-refractivity contribution is 6.53. The van der Waals surface area contributed by atoms with Crippen LogP contribution in [-0.2, 0) is 9.59 Å². The summed E-state index contributed by atoms with van der Waals surface area (Å²) in [7, 11) is 0. The van der Waals surface area contributed by atoms with Gasteiger partial charge >= 0.3 is 0 Å². The number of carbonyl (C=O) groups is 3. The van der Waals surface area contributed by atoms with E-state index >= 15 is 0 Å². The molecule has 0 saturated carbocycles. The van der Waals surface area contributed by atoms with Crippen LogP contribution in [-0.4, -0.2) is 17.7 Å². The fourth-order valence-corrected chi connectivity index (χ4v) is 4.13. The van der Waals surface area contributed by atoms with Gasteiger partial charge in [0.15, 0.2) is 0 Å². The molecule has 0 fully saturated rings. The fraction of sp³-hybridized carbons (Fsp3) is 0.148. The fourth-order valence-electron chi connectivity index (χ4n) is 3.92. The molecule has 2 N–H and O–H groups in total. The van der Waals surface area contributed by atoms with E-state index in [1.54, 1.807) is 30.3 Å². The summed E-state index contributed by atoms with van der Waals surface area (Å²) >= 11 is 6.27. The molecule has 0 unspecified atom stereocenters. The number of nitrogens with zero attached hydrogens (tertiary/aromatic N) is 1. The molecule has 1 aliphatic heterocycles. The van der Waals surface area contributed by atoms with Gasteiger partial charge in [-0.1, -0.05) is 53.1 Å². The van der Waals surface area contributed by atoms with E-state index in [0.29, 0.717) is 16.9 Å². The van der Waals surface area contributed by atoms with Gasteiger partial charge in [0.05, 0.1) is 5.69 Å². The molecule has 0 bridgehead atoms. The highest BCUT2D eigenvalue weighted by atomic mass is 35.5. The van der Waals surface area contributed by atoms with Gasteiger partial charge in [-0.3, -0.25) is 14.4 Å².